The maximum absolute atomic E-state index is 2.58. The monoisotopic (exact) mass is 258 g/mol. The Morgan fingerprint density at radius 3 is 2.38 bits per heavy atom. The first-order valence-electron chi connectivity index (χ1n) is 6.62. The van der Waals surface area contributed by atoms with E-state index in [-0.39, 0.29) is 9.06 Å². The van der Waals surface area contributed by atoms with E-state index < -0.39 is 0 Å². The zero-order valence-corrected chi connectivity index (χ0v) is 12.7. The zero-order valence-electron chi connectivity index (χ0n) is 11.1. The Labute approximate surface area is 106 Å². The molecule has 0 amide bonds. The van der Waals surface area contributed by atoms with Crippen LogP contribution < -0.4 is 0 Å². The van der Waals surface area contributed by atoms with Crippen molar-refractivity contribution in [3.8, 4) is 0 Å². The lowest BCUT2D eigenvalue weighted by molar-refractivity contribution is 0.598. The summed E-state index contributed by atoms with van der Waals surface area (Å²) in [6, 6.07) is 0. The molecule has 2 rings (SSSR count). The van der Waals surface area contributed by atoms with E-state index in [1.54, 1.807) is 0 Å². The summed E-state index contributed by atoms with van der Waals surface area (Å²) in [6.07, 6.45) is 10.3. The normalized spacial score (nSPS) is 43.0. The van der Waals surface area contributed by atoms with Crippen molar-refractivity contribution in [2.75, 3.05) is 17.8 Å². The fourth-order valence-electron chi connectivity index (χ4n) is 2.72. The number of allylic oxidation sites excluding steroid dienone is 2. The van der Waals surface area contributed by atoms with E-state index in [1.165, 1.54) is 24.3 Å². The molecule has 16 heavy (non-hydrogen) atoms. The summed E-state index contributed by atoms with van der Waals surface area (Å²) in [5, 5.41) is 1.07. The van der Waals surface area contributed by atoms with Gasteiger partial charge in [-0.3, -0.25) is 0 Å². The van der Waals surface area contributed by atoms with Crippen molar-refractivity contribution in [3.63, 3.8) is 0 Å². The van der Waals surface area contributed by atoms with Gasteiger partial charge in [0.15, 0.2) is 0 Å². The van der Waals surface area contributed by atoms with Crippen LogP contribution in [0.15, 0.2) is 12.2 Å². The summed E-state index contributed by atoms with van der Waals surface area (Å²) in [7, 11) is 1.98. The van der Waals surface area contributed by atoms with Crippen LogP contribution in [0.3, 0.4) is 0 Å². The third-order valence-corrected chi connectivity index (χ3v) is 11.8. The lowest BCUT2D eigenvalue weighted by Gasteiger charge is -2.35. The van der Waals surface area contributed by atoms with Gasteiger partial charge in [0.05, 0.1) is 0 Å². The average molecular weight is 258 g/mol. The minimum atomic E-state index is -0.354. The van der Waals surface area contributed by atoms with Crippen molar-refractivity contribution < 1.29 is 0 Å². The highest BCUT2D eigenvalue weighted by Gasteiger charge is 2.43. The Bertz CT molecular complexity index is 274. The van der Waals surface area contributed by atoms with E-state index in [2.05, 4.69) is 50.0 Å². The van der Waals surface area contributed by atoms with Crippen LogP contribution in [0.1, 0.15) is 33.6 Å². The van der Waals surface area contributed by atoms with E-state index >= 15 is 0 Å². The Kier molecular flexibility index (Phi) is 4.01. The van der Waals surface area contributed by atoms with E-state index in [9.17, 15) is 0 Å². The molecule has 0 heterocycles. The van der Waals surface area contributed by atoms with Gasteiger partial charge in [0.25, 0.3) is 0 Å². The predicted molar refractivity (Wildman–Crippen MR) is 80.5 cm³/mol. The molecule has 0 bridgehead atoms. The number of hydrogen-bond donors (Lipinski definition) is 0. The van der Waals surface area contributed by atoms with Gasteiger partial charge in [-0.15, -0.1) is 10.8 Å². The molecule has 2 aliphatic rings. The smallest absolute Gasteiger partial charge is 0.00853 e. The molecule has 2 aliphatic carbocycles. The van der Waals surface area contributed by atoms with Gasteiger partial charge >= 0.3 is 0 Å². The molecule has 0 spiro atoms. The fraction of sp³-hybridized carbons (Fsp3) is 0.857. The molecule has 1 fully saturated rings. The number of hydrogen-bond acceptors (Lipinski definition) is 1. The van der Waals surface area contributed by atoms with Gasteiger partial charge in [-0.25, -0.2) is 0 Å². The van der Waals surface area contributed by atoms with E-state index in [0.29, 0.717) is 0 Å². The summed E-state index contributed by atoms with van der Waals surface area (Å²) in [4.78, 5) is 0. The van der Waals surface area contributed by atoms with Crippen molar-refractivity contribution in [2.45, 2.75) is 38.9 Å². The SMILES string of the molecule is CCS(C)(SCC1C=CC(C)C1)C1CC1C. The van der Waals surface area contributed by atoms with Gasteiger partial charge in [0.2, 0.25) is 0 Å². The highest BCUT2D eigenvalue weighted by atomic mass is 33.2. The van der Waals surface area contributed by atoms with E-state index in [0.717, 1.165) is 23.0 Å². The van der Waals surface area contributed by atoms with E-state index in [4.69, 9.17) is 0 Å². The van der Waals surface area contributed by atoms with Crippen LogP contribution in [0.4, 0.5) is 0 Å². The molecule has 0 aromatic heterocycles. The molecule has 0 aliphatic heterocycles. The van der Waals surface area contributed by atoms with Gasteiger partial charge in [-0.1, -0.05) is 32.9 Å². The summed E-state index contributed by atoms with van der Waals surface area (Å²) in [5.41, 5.74) is 0. The predicted octanol–water partition coefficient (Wildman–Crippen LogP) is 4.71. The Hall–Kier alpha value is 0.440. The van der Waals surface area contributed by atoms with Crippen LogP contribution >= 0.6 is 19.9 Å². The van der Waals surface area contributed by atoms with Crippen molar-refractivity contribution in [1.29, 1.82) is 0 Å². The minimum absolute atomic E-state index is 0.354. The minimum Gasteiger partial charge on any atom is -0.193 e. The lowest BCUT2D eigenvalue weighted by Crippen LogP contribution is -2.08. The summed E-state index contributed by atoms with van der Waals surface area (Å²) < 4.78 is 0. The zero-order chi connectivity index (χ0) is 11.8. The third-order valence-electron chi connectivity index (χ3n) is 4.19. The second-order valence-corrected chi connectivity index (χ2v) is 12.6. The molecule has 0 nitrogen and oxygen atoms in total. The summed E-state index contributed by atoms with van der Waals surface area (Å²) >= 11 is 0. The quantitative estimate of drug-likeness (QED) is 0.508. The standard InChI is InChI=1S/C14H26S2/c1-5-16(4,14-9-12(14)3)15-10-13-7-6-11(2)8-13/h6-7,11-14H,5,8-10H2,1-4H3. The first kappa shape index (κ1) is 12.9. The maximum Gasteiger partial charge on any atom is 0.00853 e. The number of rotatable bonds is 5. The maximum atomic E-state index is 2.58. The van der Waals surface area contributed by atoms with Gasteiger partial charge in [-0.05, 0) is 47.9 Å². The fourth-order valence-corrected chi connectivity index (χ4v) is 9.20. The molecular formula is C14H26S2. The topological polar surface area (TPSA) is 0 Å². The highest BCUT2D eigenvalue weighted by Crippen LogP contribution is 2.70. The van der Waals surface area contributed by atoms with Crippen molar-refractivity contribution in [3.05, 3.63) is 12.2 Å². The van der Waals surface area contributed by atoms with Crippen molar-refractivity contribution >= 4 is 19.9 Å². The van der Waals surface area contributed by atoms with Crippen LogP contribution in [-0.4, -0.2) is 23.0 Å². The molecule has 5 unspecified atom stereocenters. The molecular weight excluding hydrogens is 232 g/mol. The van der Waals surface area contributed by atoms with Crippen molar-refractivity contribution in [1.82, 2.24) is 0 Å². The summed E-state index contributed by atoms with van der Waals surface area (Å²) in [5.74, 6) is 5.51. The molecule has 5 atom stereocenters. The van der Waals surface area contributed by atoms with Crippen LogP contribution in [-0.2, 0) is 0 Å². The molecule has 2 heteroatoms. The van der Waals surface area contributed by atoms with Crippen LogP contribution in [0.2, 0.25) is 0 Å². The first-order valence-corrected chi connectivity index (χ1v) is 10.4. The molecule has 0 N–H and O–H groups in total. The second-order valence-electron chi connectivity index (χ2n) is 5.75. The van der Waals surface area contributed by atoms with Crippen molar-refractivity contribution in [2.24, 2.45) is 17.8 Å². The third kappa shape index (κ3) is 2.81. The largest absolute Gasteiger partial charge is 0.193 e. The summed E-state index contributed by atoms with van der Waals surface area (Å²) in [6.45, 7) is 7.18. The van der Waals surface area contributed by atoms with Crippen LogP contribution in [0.5, 0.6) is 0 Å². The molecule has 0 saturated heterocycles. The first-order chi connectivity index (χ1) is 7.55. The molecule has 1 saturated carbocycles. The van der Waals surface area contributed by atoms with E-state index in [1.807, 2.05) is 0 Å². The Morgan fingerprint density at radius 1 is 1.25 bits per heavy atom. The highest BCUT2D eigenvalue weighted by molar-refractivity contribution is 8.94. The van der Waals surface area contributed by atoms with Gasteiger partial charge in [0.1, 0.15) is 0 Å². The van der Waals surface area contributed by atoms with Gasteiger partial charge in [0, 0.05) is 5.75 Å². The molecule has 94 valence electrons. The molecule has 0 aromatic carbocycles. The average Bonchev–Trinajstić information content (AvgIpc) is 2.85. The Balaban J connectivity index is 1.81. The Morgan fingerprint density at radius 2 is 1.94 bits per heavy atom. The van der Waals surface area contributed by atoms with Crippen LogP contribution in [0, 0.1) is 17.8 Å². The lowest BCUT2D eigenvalue weighted by atomic mass is 10.1. The van der Waals surface area contributed by atoms with Gasteiger partial charge in [-0.2, -0.15) is 9.06 Å². The van der Waals surface area contributed by atoms with Crippen LogP contribution in [0.25, 0.3) is 0 Å². The second kappa shape index (κ2) is 4.97. The molecule has 0 aromatic rings. The van der Waals surface area contributed by atoms with Gasteiger partial charge < -0.3 is 0 Å². The molecule has 0 radical (unpaired) electrons.